The van der Waals surface area contributed by atoms with Crippen LogP contribution in [0.3, 0.4) is 0 Å². The molecule has 0 saturated carbocycles. The molecule has 2 atom stereocenters. The molecule has 2 heterocycles. The molecule has 0 N–H and O–H groups in total. The smallest absolute Gasteiger partial charge is 0.262 e. The van der Waals surface area contributed by atoms with Gasteiger partial charge in [-0.05, 0) is 19.8 Å². The van der Waals surface area contributed by atoms with E-state index < -0.39 is 10.0 Å². The lowest BCUT2D eigenvalue weighted by Gasteiger charge is -2.34. The van der Waals surface area contributed by atoms with Crippen molar-refractivity contribution in [3.8, 4) is 0 Å². The number of rotatable bonds is 3. The Hall–Kier alpha value is -1.50. The Morgan fingerprint density at radius 2 is 2.26 bits per heavy atom. The molecular formula is C11H16N4O3S. The normalized spacial score (nSPS) is 24.9. The van der Waals surface area contributed by atoms with E-state index in [0.717, 1.165) is 0 Å². The van der Waals surface area contributed by atoms with Gasteiger partial charge >= 0.3 is 0 Å². The average molecular weight is 284 g/mol. The van der Waals surface area contributed by atoms with Gasteiger partial charge in [-0.2, -0.15) is 4.31 Å². The van der Waals surface area contributed by atoms with Crippen LogP contribution >= 0.6 is 0 Å². The summed E-state index contributed by atoms with van der Waals surface area (Å²) >= 11 is 0. The molecule has 1 fully saturated rings. The molecule has 1 aromatic heterocycles. The number of sulfonamides is 1. The lowest BCUT2D eigenvalue weighted by atomic mass is 10.0. The number of aromatic nitrogens is 2. The van der Waals surface area contributed by atoms with Crippen LogP contribution in [0.4, 0.5) is 0 Å². The van der Waals surface area contributed by atoms with Gasteiger partial charge in [0.05, 0.1) is 12.4 Å². The van der Waals surface area contributed by atoms with Crippen molar-refractivity contribution in [3.63, 3.8) is 0 Å². The summed E-state index contributed by atoms with van der Waals surface area (Å²) in [5.74, 6) is 0. The molecule has 1 saturated heterocycles. The van der Waals surface area contributed by atoms with Gasteiger partial charge < -0.3 is 4.57 Å². The molecule has 2 rings (SSSR count). The van der Waals surface area contributed by atoms with Crippen LogP contribution in [0.5, 0.6) is 0 Å². The largest absolute Gasteiger partial charge is 0.339 e. The maximum Gasteiger partial charge on any atom is 0.262 e. The molecule has 0 aromatic carbocycles. The summed E-state index contributed by atoms with van der Waals surface area (Å²) in [5.41, 5.74) is 0. The number of piperidine rings is 1. The number of isocyanates is 1. The van der Waals surface area contributed by atoms with Crippen LogP contribution in [0.25, 0.3) is 0 Å². The van der Waals surface area contributed by atoms with Gasteiger partial charge in [-0.3, -0.25) is 0 Å². The van der Waals surface area contributed by atoms with Gasteiger partial charge in [-0.15, -0.1) is 0 Å². The fourth-order valence-corrected chi connectivity index (χ4v) is 3.94. The number of carbonyl (C=O) groups excluding carboxylic acids is 1. The van der Waals surface area contributed by atoms with E-state index in [-0.39, 0.29) is 17.1 Å². The Labute approximate surface area is 112 Å². The lowest BCUT2D eigenvalue weighted by molar-refractivity contribution is 0.247. The zero-order valence-electron chi connectivity index (χ0n) is 10.9. The minimum atomic E-state index is -3.57. The minimum Gasteiger partial charge on any atom is -0.339 e. The monoisotopic (exact) mass is 284 g/mol. The van der Waals surface area contributed by atoms with Gasteiger partial charge in [0.25, 0.3) is 10.0 Å². The highest BCUT2D eigenvalue weighted by Crippen LogP contribution is 2.25. The molecule has 0 aliphatic carbocycles. The van der Waals surface area contributed by atoms with Crippen molar-refractivity contribution in [3.05, 3.63) is 12.5 Å². The number of nitrogens with zero attached hydrogens (tertiary/aromatic N) is 4. The third-order valence-electron chi connectivity index (χ3n) is 3.28. The Bertz CT molecular complexity index is 603. The standard InChI is InChI=1S/C11H16N4O3S/c1-9-5-10(13-8-16)3-4-15(9)19(17,18)11-6-14(2)7-12-11/h6-7,9-10H,3-5H2,1-2H3. The predicted octanol–water partition coefficient (Wildman–Crippen LogP) is 0.297. The molecule has 19 heavy (non-hydrogen) atoms. The second kappa shape index (κ2) is 5.24. The van der Waals surface area contributed by atoms with E-state index in [0.29, 0.717) is 19.4 Å². The molecule has 7 nitrogen and oxygen atoms in total. The Kier molecular flexibility index (Phi) is 3.84. The molecule has 0 radical (unpaired) electrons. The number of aryl methyl sites for hydroxylation is 1. The van der Waals surface area contributed by atoms with Gasteiger partial charge in [0.15, 0.2) is 5.03 Å². The van der Waals surface area contributed by atoms with Gasteiger partial charge in [-0.25, -0.2) is 23.2 Å². The third-order valence-corrected chi connectivity index (χ3v) is 5.18. The first-order valence-corrected chi connectivity index (χ1v) is 7.46. The summed E-state index contributed by atoms with van der Waals surface area (Å²) in [6, 6.07) is -0.342. The van der Waals surface area contributed by atoms with Crippen molar-refractivity contribution in [2.24, 2.45) is 12.0 Å². The molecule has 1 aromatic rings. The Morgan fingerprint density at radius 3 is 2.79 bits per heavy atom. The highest BCUT2D eigenvalue weighted by atomic mass is 32.2. The summed E-state index contributed by atoms with van der Waals surface area (Å²) in [6.45, 7) is 2.16. The van der Waals surface area contributed by atoms with E-state index in [1.54, 1.807) is 11.6 Å². The van der Waals surface area contributed by atoms with E-state index in [1.165, 1.54) is 22.9 Å². The molecular weight excluding hydrogens is 268 g/mol. The van der Waals surface area contributed by atoms with E-state index in [4.69, 9.17) is 0 Å². The second-order valence-corrected chi connectivity index (χ2v) is 6.58. The summed E-state index contributed by atoms with van der Waals surface area (Å²) < 4.78 is 27.9. The quantitative estimate of drug-likeness (QED) is 0.590. The van der Waals surface area contributed by atoms with Crippen molar-refractivity contribution in [2.75, 3.05) is 6.54 Å². The lowest BCUT2D eigenvalue weighted by Crippen LogP contribution is -2.45. The van der Waals surface area contributed by atoms with Crippen LogP contribution in [-0.4, -0.2) is 47.0 Å². The SMILES string of the molecule is CC1CC(N=C=O)CCN1S(=O)(=O)c1cn(C)cn1. The fraction of sp³-hybridized carbons (Fsp3) is 0.636. The molecule has 1 aliphatic rings. The van der Waals surface area contributed by atoms with Gasteiger partial charge in [0.1, 0.15) is 0 Å². The predicted molar refractivity (Wildman–Crippen MR) is 67.7 cm³/mol. The van der Waals surface area contributed by atoms with Crippen molar-refractivity contribution in [2.45, 2.75) is 36.9 Å². The first-order chi connectivity index (χ1) is 8.95. The molecule has 8 heteroatoms. The van der Waals surface area contributed by atoms with E-state index in [1.807, 2.05) is 6.92 Å². The van der Waals surface area contributed by atoms with Crippen LogP contribution in [0.15, 0.2) is 22.5 Å². The molecule has 2 unspecified atom stereocenters. The second-order valence-electron chi connectivity index (χ2n) is 4.74. The first-order valence-electron chi connectivity index (χ1n) is 6.02. The van der Waals surface area contributed by atoms with Crippen molar-refractivity contribution in [1.29, 1.82) is 0 Å². The van der Waals surface area contributed by atoms with Crippen molar-refractivity contribution < 1.29 is 13.2 Å². The van der Waals surface area contributed by atoms with Gasteiger partial charge in [0, 0.05) is 25.8 Å². The van der Waals surface area contributed by atoms with E-state index in [2.05, 4.69) is 9.98 Å². The number of hydrogen-bond donors (Lipinski definition) is 0. The van der Waals surface area contributed by atoms with Crippen molar-refractivity contribution in [1.82, 2.24) is 13.9 Å². The van der Waals surface area contributed by atoms with E-state index >= 15 is 0 Å². The molecule has 104 valence electrons. The van der Waals surface area contributed by atoms with Gasteiger partial charge in [-0.1, -0.05) is 0 Å². The zero-order chi connectivity index (χ0) is 14.0. The van der Waals surface area contributed by atoms with Crippen LogP contribution in [0.1, 0.15) is 19.8 Å². The number of hydrogen-bond acceptors (Lipinski definition) is 5. The fourth-order valence-electron chi connectivity index (χ4n) is 2.32. The van der Waals surface area contributed by atoms with Crippen LogP contribution in [0.2, 0.25) is 0 Å². The maximum absolute atomic E-state index is 12.4. The third kappa shape index (κ3) is 2.75. The van der Waals surface area contributed by atoms with Gasteiger partial charge in [0.2, 0.25) is 6.08 Å². The minimum absolute atomic E-state index is 0.0548. The summed E-state index contributed by atoms with van der Waals surface area (Å²) in [5, 5.41) is 0.0548. The summed E-state index contributed by atoms with van der Waals surface area (Å²) in [4.78, 5) is 17.8. The van der Waals surface area contributed by atoms with Crippen LogP contribution < -0.4 is 0 Å². The Morgan fingerprint density at radius 1 is 1.53 bits per heavy atom. The van der Waals surface area contributed by atoms with Crippen LogP contribution in [-0.2, 0) is 21.9 Å². The van der Waals surface area contributed by atoms with E-state index in [9.17, 15) is 13.2 Å². The zero-order valence-corrected chi connectivity index (χ0v) is 11.7. The number of imidazole rings is 1. The van der Waals surface area contributed by atoms with Crippen molar-refractivity contribution >= 4 is 16.1 Å². The first kappa shape index (κ1) is 13.9. The molecule has 0 spiro atoms. The highest BCUT2D eigenvalue weighted by molar-refractivity contribution is 7.89. The summed E-state index contributed by atoms with van der Waals surface area (Å²) in [7, 11) is -1.84. The average Bonchev–Trinajstić information content (AvgIpc) is 2.77. The summed E-state index contributed by atoms with van der Waals surface area (Å²) in [6.07, 6.45) is 5.54. The maximum atomic E-state index is 12.4. The Balaban J connectivity index is 2.21. The molecule has 1 aliphatic heterocycles. The molecule has 0 bridgehead atoms. The topological polar surface area (TPSA) is 84.6 Å². The number of aliphatic imine (C=N–C) groups is 1. The highest BCUT2D eigenvalue weighted by Gasteiger charge is 2.35. The van der Waals surface area contributed by atoms with Crippen LogP contribution in [0, 0.1) is 0 Å². The molecule has 0 amide bonds.